The second-order valence-corrected chi connectivity index (χ2v) is 7.21. The van der Waals surface area contributed by atoms with Crippen molar-refractivity contribution < 1.29 is 14.6 Å². The van der Waals surface area contributed by atoms with Crippen LogP contribution in [0.2, 0.25) is 0 Å². The Morgan fingerprint density at radius 2 is 1.64 bits per heavy atom. The maximum absolute atomic E-state index is 12.4. The van der Waals surface area contributed by atoms with E-state index in [1.165, 1.54) is 0 Å². The maximum atomic E-state index is 12.4. The number of para-hydroxylation sites is 1. The molecule has 0 spiro atoms. The third-order valence-corrected chi connectivity index (χ3v) is 5.39. The summed E-state index contributed by atoms with van der Waals surface area (Å²) in [5, 5.41) is 9.33. The van der Waals surface area contributed by atoms with E-state index in [9.17, 15) is 9.90 Å². The van der Waals surface area contributed by atoms with Crippen molar-refractivity contribution in [3.8, 4) is 11.5 Å². The van der Waals surface area contributed by atoms with Gasteiger partial charge in [0, 0.05) is 18.7 Å². The fourth-order valence-electron chi connectivity index (χ4n) is 4.20. The summed E-state index contributed by atoms with van der Waals surface area (Å²) in [6.45, 7) is 2.41. The average Bonchev–Trinajstić information content (AvgIpc) is 3.14. The van der Waals surface area contributed by atoms with Crippen molar-refractivity contribution in [1.82, 2.24) is 4.90 Å². The monoisotopic (exact) mass is 337 g/mol. The Morgan fingerprint density at radius 1 is 1.00 bits per heavy atom. The molecule has 0 aromatic heterocycles. The lowest BCUT2D eigenvalue weighted by molar-refractivity contribution is 0.0936. The van der Waals surface area contributed by atoms with Gasteiger partial charge in [-0.25, -0.2) is 0 Å². The number of benzene rings is 2. The molecular weight excluding hydrogens is 314 g/mol. The van der Waals surface area contributed by atoms with E-state index in [0.717, 1.165) is 31.7 Å². The van der Waals surface area contributed by atoms with Gasteiger partial charge in [-0.05, 0) is 61.1 Å². The second-order valence-electron chi connectivity index (χ2n) is 7.21. The fraction of sp³-hybridized carbons (Fsp3) is 0.381. The molecule has 3 atom stereocenters. The van der Waals surface area contributed by atoms with Crippen LogP contribution in [-0.4, -0.2) is 41.5 Å². The van der Waals surface area contributed by atoms with Crippen molar-refractivity contribution >= 4 is 5.78 Å². The maximum Gasteiger partial charge on any atom is 0.176 e. The van der Waals surface area contributed by atoms with Crippen LogP contribution < -0.4 is 4.74 Å². The fourth-order valence-corrected chi connectivity index (χ4v) is 4.20. The number of nitrogens with zero attached hydrogens (tertiary/aromatic N) is 1. The first kappa shape index (κ1) is 16.2. The van der Waals surface area contributed by atoms with E-state index in [1.807, 2.05) is 30.3 Å². The van der Waals surface area contributed by atoms with Gasteiger partial charge in [0.2, 0.25) is 0 Å². The molecule has 4 rings (SSSR count). The van der Waals surface area contributed by atoms with Gasteiger partial charge in [0.1, 0.15) is 11.5 Å². The Kier molecular flexibility index (Phi) is 4.45. The van der Waals surface area contributed by atoms with Gasteiger partial charge in [0.25, 0.3) is 0 Å². The molecule has 0 unspecified atom stereocenters. The number of hydrogen-bond donors (Lipinski definition) is 1. The summed E-state index contributed by atoms with van der Waals surface area (Å²) in [7, 11) is 0. The largest absolute Gasteiger partial charge is 0.508 e. The van der Waals surface area contributed by atoms with E-state index in [2.05, 4.69) is 4.90 Å². The normalized spacial score (nSPS) is 25.7. The number of rotatable bonds is 5. The number of ether oxygens (including phenoxy) is 1. The Bertz CT molecular complexity index is 715. The first-order valence-corrected chi connectivity index (χ1v) is 8.93. The third kappa shape index (κ3) is 3.69. The number of carbonyl (C=O) groups is 1. The summed E-state index contributed by atoms with van der Waals surface area (Å²) < 4.78 is 6.10. The minimum absolute atomic E-state index is 0.122. The topological polar surface area (TPSA) is 49.8 Å². The van der Waals surface area contributed by atoms with Gasteiger partial charge in [-0.1, -0.05) is 18.2 Å². The zero-order chi connectivity index (χ0) is 17.2. The minimum Gasteiger partial charge on any atom is -0.508 e. The molecule has 1 aliphatic heterocycles. The minimum atomic E-state index is 0.122. The van der Waals surface area contributed by atoms with Gasteiger partial charge in [0.05, 0.1) is 12.6 Å². The SMILES string of the molecule is O=C(CN1C[C@H]2C[C@@H](Oc3ccccc3)C[C@H]2C1)c1ccc(O)cc1. The van der Waals surface area contributed by atoms with Crippen molar-refractivity contribution in [1.29, 1.82) is 0 Å². The Morgan fingerprint density at radius 3 is 2.28 bits per heavy atom. The number of phenolic OH excluding ortho intramolecular Hbond substituents is 1. The summed E-state index contributed by atoms with van der Waals surface area (Å²) >= 11 is 0. The van der Waals surface area contributed by atoms with Crippen LogP contribution in [0.3, 0.4) is 0 Å². The molecule has 0 amide bonds. The molecule has 2 aliphatic rings. The molecule has 0 radical (unpaired) electrons. The molecule has 25 heavy (non-hydrogen) atoms. The Balaban J connectivity index is 1.29. The van der Waals surface area contributed by atoms with Crippen LogP contribution in [-0.2, 0) is 0 Å². The number of Topliss-reactive ketones (excluding diaryl/α,β-unsaturated/α-hetero) is 1. The number of hydrogen-bond acceptors (Lipinski definition) is 4. The van der Waals surface area contributed by atoms with Crippen LogP contribution in [0.15, 0.2) is 54.6 Å². The molecular formula is C21H23NO3. The molecule has 1 saturated heterocycles. The lowest BCUT2D eigenvalue weighted by Gasteiger charge is -2.19. The zero-order valence-corrected chi connectivity index (χ0v) is 14.2. The predicted molar refractivity (Wildman–Crippen MR) is 95.9 cm³/mol. The first-order chi connectivity index (χ1) is 12.2. The van der Waals surface area contributed by atoms with E-state index in [-0.39, 0.29) is 11.5 Å². The van der Waals surface area contributed by atoms with E-state index in [4.69, 9.17) is 4.74 Å². The summed E-state index contributed by atoms with van der Waals surface area (Å²) in [5.41, 5.74) is 0.667. The lowest BCUT2D eigenvalue weighted by atomic mass is 10.0. The summed E-state index contributed by atoms with van der Waals surface area (Å²) in [6.07, 6.45) is 2.44. The number of likely N-dealkylation sites (tertiary alicyclic amines) is 1. The molecule has 4 nitrogen and oxygen atoms in total. The number of phenols is 1. The predicted octanol–water partition coefficient (Wildman–Crippen LogP) is 3.36. The van der Waals surface area contributed by atoms with Crippen LogP contribution in [0.25, 0.3) is 0 Å². The molecule has 4 heteroatoms. The Hall–Kier alpha value is -2.33. The van der Waals surface area contributed by atoms with Crippen molar-refractivity contribution in [3.63, 3.8) is 0 Å². The molecule has 1 aliphatic carbocycles. The molecule has 2 fully saturated rings. The van der Waals surface area contributed by atoms with Crippen LogP contribution in [0, 0.1) is 11.8 Å². The van der Waals surface area contributed by atoms with Crippen molar-refractivity contribution in [2.45, 2.75) is 18.9 Å². The molecule has 1 N–H and O–H groups in total. The van der Waals surface area contributed by atoms with E-state index < -0.39 is 0 Å². The molecule has 2 aromatic rings. The van der Waals surface area contributed by atoms with Crippen LogP contribution in [0.4, 0.5) is 0 Å². The summed E-state index contributed by atoms with van der Waals surface area (Å²) in [5.74, 6) is 2.52. The van der Waals surface area contributed by atoms with Gasteiger partial charge in [-0.2, -0.15) is 0 Å². The van der Waals surface area contributed by atoms with Gasteiger partial charge in [-0.15, -0.1) is 0 Å². The molecule has 1 saturated carbocycles. The molecule has 130 valence electrons. The molecule has 0 bridgehead atoms. The number of aromatic hydroxyl groups is 1. The summed E-state index contributed by atoms with van der Waals surface area (Å²) in [4.78, 5) is 14.7. The number of ketones is 1. The third-order valence-electron chi connectivity index (χ3n) is 5.39. The van der Waals surface area contributed by atoms with Gasteiger partial charge in [0.15, 0.2) is 5.78 Å². The van der Waals surface area contributed by atoms with Gasteiger partial charge >= 0.3 is 0 Å². The van der Waals surface area contributed by atoms with Crippen molar-refractivity contribution in [3.05, 3.63) is 60.2 Å². The molecule has 2 aromatic carbocycles. The number of fused-ring (bicyclic) bond motifs is 1. The highest BCUT2D eigenvalue weighted by Crippen LogP contribution is 2.39. The van der Waals surface area contributed by atoms with E-state index in [1.54, 1.807) is 24.3 Å². The highest BCUT2D eigenvalue weighted by molar-refractivity contribution is 5.97. The van der Waals surface area contributed by atoms with Crippen LogP contribution in [0.5, 0.6) is 11.5 Å². The van der Waals surface area contributed by atoms with E-state index in [0.29, 0.717) is 30.0 Å². The highest BCUT2D eigenvalue weighted by Gasteiger charge is 2.42. The van der Waals surface area contributed by atoms with Gasteiger partial charge < -0.3 is 9.84 Å². The van der Waals surface area contributed by atoms with Crippen LogP contribution in [0.1, 0.15) is 23.2 Å². The summed E-state index contributed by atoms with van der Waals surface area (Å²) in [6, 6.07) is 16.5. The quantitative estimate of drug-likeness (QED) is 0.850. The molecule has 1 heterocycles. The second kappa shape index (κ2) is 6.89. The lowest BCUT2D eigenvalue weighted by Crippen LogP contribution is -2.30. The standard InChI is InChI=1S/C21H23NO3/c23-18-8-6-15(7-9-18)21(24)14-22-12-16-10-20(11-17(16)13-22)25-19-4-2-1-3-5-19/h1-9,16-17,20,23H,10-14H2/t16-,17+,20-. The van der Waals surface area contributed by atoms with Crippen molar-refractivity contribution in [2.24, 2.45) is 11.8 Å². The van der Waals surface area contributed by atoms with Crippen molar-refractivity contribution in [2.75, 3.05) is 19.6 Å². The van der Waals surface area contributed by atoms with Gasteiger partial charge in [-0.3, -0.25) is 9.69 Å². The van der Waals surface area contributed by atoms with Crippen LogP contribution >= 0.6 is 0 Å². The smallest absolute Gasteiger partial charge is 0.176 e. The highest BCUT2D eigenvalue weighted by atomic mass is 16.5. The first-order valence-electron chi connectivity index (χ1n) is 8.93. The average molecular weight is 337 g/mol. The Labute approximate surface area is 148 Å². The number of carbonyl (C=O) groups excluding carboxylic acids is 1. The zero-order valence-electron chi connectivity index (χ0n) is 14.2. The van der Waals surface area contributed by atoms with E-state index >= 15 is 0 Å².